The highest BCUT2D eigenvalue weighted by Crippen LogP contribution is 2.13. The average molecular weight is 307 g/mol. The molecule has 7 nitrogen and oxygen atoms in total. The highest BCUT2D eigenvalue weighted by atomic mass is 32.2. The summed E-state index contributed by atoms with van der Waals surface area (Å²) in [5.41, 5.74) is 0. The molecule has 118 valence electrons. The van der Waals surface area contributed by atoms with E-state index in [-0.39, 0.29) is 12.1 Å². The number of nitrogens with zero attached hydrogens (tertiary/aromatic N) is 1. The van der Waals surface area contributed by atoms with Gasteiger partial charge >= 0.3 is 16.3 Å². The second kappa shape index (κ2) is 7.80. The van der Waals surface area contributed by atoms with Gasteiger partial charge in [0.15, 0.2) is 0 Å². The van der Waals surface area contributed by atoms with Crippen molar-refractivity contribution in [3.63, 3.8) is 0 Å². The van der Waals surface area contributed by atoms with Crippen molar-refractivity contribution in [1.82, 2.24) is 14.3 Å². The van der Waals surface area contributed by atoms with Crippen molar-refractivity contribution < 1.29 is 17.9 Å². The summed E-state index contributed by atoms with van der Waals surface area (Å²) in [7, 11) is -3.82. The van der Waals surface area contributed by atoms with Crippen molar-refractivity contribution in [3.8, 4) is 0 Å². The second-order valence-electron chi connectivity index (χ2n) is 5.21. The molecule has 1 fully saturated rings. The Morgan fingerprint density at radius 3 is 2.75 bits per heavy atom. The van der Waals surface area contributed by atoms with Gasteiger partial charge in [0.1, 0.15) is 0 Å². The predicted octanol–water partition coefficient (Wildman–Crippen LogP) is 0.830. The molecule has 0 radical (unpaired) electrons. The van der Waals surface area contributed by atoms with E-state index < -0.39 is 16.3 Å². The van der Waals surface area contributed by atoms with Gasteiger partial charge in [-0.3, -0.25) is 0 Å². The van der Waals surface area contributed by atoms with Gasteiger partial charge in [-0.15, -0.1) is 0 Å². The van der Waals surface area contributed by atoms with Crippen LogP contribution in [0.3, 0.4) is 0 Å². The van der Waals surface area contributed by atoms with E-state index in [2.05, 4.69) is 12.2 Å². The van der Waals surface area contributed by atoms with E-state index in [0.717, 1.165) is 25.8 Å². The van der Waals surface area contributed by atoms with Gasteiger partial charge in [-0.05, 0) is 39.7 Å². The van der Waals surface area contributed by atoms with E-state index in [9.17, 15) is 13.2 Å². The van der Waals surface area contributed by atoms with E-state index in [1.165, 1.54) is 4.31 Å². The number of rotatable bonds is 6. The third-order valence-electron chi connectivity index (χ3n) is 2.96. The quantitative estimate of drug-likeness (QED) is 0.759. The SMILES string of the molecule is CCCNC1CCCN(S(=O)(=O)NC(=O)OC(C)C)C1. The summed E-state index contributed by atoms with van der Waals surface area (Å²) in [5, 5.41) is 3.31. The van der Waals surface area contributed by atoms with Crippen molar-refractivity contribution in [2.75, 3.05) is 19.6 Å². The molecule has 0 aromatic rings. The number of ether oxygens (including phenoxy) is 1. The zero-order valence-corrected chi connectivity index (χ0v) is 13.2. The second-order valence-corrected chi connectivity index (χ2v) is 6.88. The molecular formula is C12H25N3O4S. The monoisotopic (exact) mass is 307 g/mol. The summed E-state index contributed by atoms with van der Waals surface area (Å²) in [6.45, 7) is 7.06. The minimum atomic E-state index is -3.82. The number of nitrogens with one attached hydrogen (secondary N) is 2. The summed E-state index contributed by atoms with van der Waals surface area (Å²) in [5.74, 6) is 0. The molecule has 1 rings (SSSR count). The number of hydrogen-bond donors (Lipinski definition) is 2. The maximum absolute atomic E-state index is 12.1. The van der Waals surface area contributed by atoms with Crippen LogP contribution in [0.1, 0.15) is 40.0 Å². The number of carbonyl (C=O) groups is 1. The molecule has 0 aromatic heterocycles. The molecule has 0 aliphatic carbocycles. The minimum absolute atomic E-state index is 0.140. The molecule has 0 saturated carbocycles. The van der Waals surface area contributed by atoms with Crippen molar-refractivity contribution in [2.24, 2.45) is 0 Å². The lowest BCUT2D eigenvalue weighted by molar-refractivity contribution is 0.120. The van der Waals surface area contributed by atoms with Crippen LogP contribution in [0, 0.1) is 0 Å². The van der Waals surface area contributed by atoms with Gasteiger partial charge in [0.25, 0.3) is 0 Å². The summed E-state index contributed by atoms with van der Waals surface area (Å²) in [6.07, 6.45) is 1.45. The van der Waals surface area contributed by atoms with Crippen LogP contribution < -0.4 is 10.0 Å². The van der Waals surface area contributed by atoms with Crippen LogP contribution in [0.25, 0.3) is 0 Å². The fraction of sp³-hybridized carbons (Fsp3) is 0.917. The zero-order chi connectivity index (χ0) is 15.2. The molecular weight excluding hydrogens is 282 g/mol. The van der Waals surface area contributed by atoms with Crippen molar-refractivity contribution in [1.29, 1.82) is 0 Å². The van der Waals surface area contributed by atoms with Crippen molar-refractivity contribution in [3.05, 3.63) is 0 Å². The predicted molar refractivity (Wildman–Crippen MR) is 76.6 cm³/mol. The minimum Gasteiger partial charge on any atom is -0.446 e. The molecule has 1 aliphatic rings. The fourth-order valence-corrected chi connectivity index (χ4v) is 3.22. The van der Waals surface area contributed by atoms with Crippen LogP contribution in [0.15, 0.2) is 0 Å². The Morgan fingerprint density at radius 2 is 2.15 bits per heavy atom. The standard InChI is InChI=1S/C12H25N3O4S/c1-4-7-13-11-6-5-8-15(9-11)20(17,18)14-12(16)19-10(2)3/h10-11,13H,4-9H2,1-3H3,(H,14,16). The lowest BCUT2D eigenvalue weighted by Gasteiger charge is -2.32. The highest BCUT2D eigenvalue weighted by Gasteiger charge is 2.30. The maximum atomic E-state index is 12.1. The van der Waals surface area contributed by atoms with E-state index in [1.807, 2.05) is 4.72 Å². The van der Waals surface area contributed by atoms with Crippen molar-refractivity contribution >= 4 is 16.3 Å². The number of amides is 1. The number of carbonyl (C=O) groups excluding carboxylic acids is 1. The first-order chi connectivity index (χ1) is 9.35. The number of hydrogen-bond acceptors (Lipinski definition) is 5. The van der Waals surface area contributed by atoms with Gasteiger partial charge in [-0.1, -0.05) is 6.92 Å². The molecule has 8 heteroatoms. The Kier molecular flexibility index (Phi) is 6.70. The molecule has 0 aromatic carbocycles. The van der Waals surface area contributed by atoms with Gasteiger partial charge in [-0.25, -0.2) is 9.52 Å². The van der Waals surface area contributed by atoms with Crippen LogP contribution in [-0.2, 0) is 14.9 Å². The Bertz CT molecular complexity index is 411. The Morgan fingerprint density at radius 1 is 1.45 bits per heavy atom. The third kappa shape index (κ3) is 5.64. The molecule has 0 spiro atoms. The van der Waals surface area contributed by atoms with E-state index in [4.69, 9.17) is 4.74 Å². The summed E-state index contributed by atoms with van der Waals surface area (Å²) < 4.78 is 32.2. The van der Waals surface area contributed by atoms with Gasteiger partial charge in [-0.2, -0.15) is 12.7 Å². The van der Waals surface area contributed by atoms with Crippen LogP contribution in [0.4, 0.5) is 4.79 Å². The molecule has 1 unspecified atom stereocenters. The molecule has 20 heavy (non-hydrogen) atoms. The normalized spacial score (nSPS) is 20.9. The molecule has 1 saturated heterocycles. The van der Waals surface area contributed by atoms with Crippen LogP contribution in [0.2, 0.25) is 0 Å². The van der Waals surface area contributed by atoms with Gasteiger partial charge in [0.2, 0.25) is 0 Å². The van der Waals surface area contributed by atoms with Crippen LogP contribution >= 0.6 is 0 Å². The third-order valence-corrected chi connectivity index (χ3v) is 4.40. The first-order valence-electron chi connectivity index (χ1n) is 7.07. The average Bonchev–Trinajstić information content (AvgIpc) is 2.35. The first-order valence-corrected chi connectivity index (χ1v) is 8.51. The zero-order valence-electron chi connectivity index (χ0n) is 12.4. The first kappa shape index (κ1) is 17.2. The van der Waals surface area contributed by atoms with Gasteiger partial charge in [0.05, 0.1) is 6.10 Å². The summed E-state index contributed by atoms with van der Waals surface area (Å²) in [6, 6.07) is 0.140. The summed E-state index contributed by atoms with van der Waals surface area (Å²) >= 11 is 0. The molecule has 1 atom stereocenters. The van der Waals surface area contributed by atoms with E-state index >= 15 is 0 Å². The largest absolute Gasteiger partial charge is 0.446 e. The van der Waals surface area contributed by atoms with Gasteiger partial charge in [0, 0.05) is 19.1 Å². The fourth-order valence-electron chi connectivity index (χ4n) is 2.08. The van der Waals surface area contributed by atoms with E-state index in [1.54, 1.807) is 13.8 Å². The lowest BCUT2D eigenvalue weighted by atomic mass is 10.1. The summed E-state index contributed by atoms with van der Waals surface area (Å²) in [4.78, 5) is 11.4. The maximum Gasteiger partial charge on any atom is 0.422 e. The van der Waals surface area contributed by atoms with Crippen molar-refractivity contribution in [2.45, 2.75) is 52.2 Å². The highest BCUT2D eigenvalue weighted by molar-refractivity contribution is 7.87. The van der Waals surface area contributed by atoms with Crippen LogP contribution in [-0.4, -0.2) is 50.6 Å². The van der Waals surface area contributed by atoms with E-state index in [0.29, 0.717) is 13.1 Å². The van der Waals surface area contributed by atoms with Crippen LogP contribution in [0.5, 0.6) is 0 Å². The Labute approximate surface area is 121 Å². The Hall–Kier alpha value is -0.860. The molecule has 1 aliphatic heterocycles. The molecule has 1 amide bonds. The topological polar surface area (TPSA) is 87.7 Å². The number of piperidine rings is 1. The molecule has 1 heterocycles. The molecule has 2 N–H and O–H groups in total. The lowest BCUT2D eigenvalue weighted by Crippen LogP contribution is -2.52. The van der Waals surface area contributed by atoms with Gasteiger partial charge < -0.3 is 10.1 Å². The smallest absolute Gasteiger partial charge is 0.422 e. The Balaban J connectivity index is 2.55. The molecule has 0 bridgehead atoms.